The molecule has 2 aliphatic rings. The van der Waals surface area contributed by atoms with Gasteiger partial charge in [-0.25, -0.2) is 4.90 Å². The van der Waals surface area contributed by atoms with Crippen molar-refractivity contribution in [3.8, 4) is 5.75 Å². The Morgan fingerprint density at radius 1 is 1.03 bits per heavy atom. The first-order chi connectivity index (χ1) is 17.8. The highest BCUT2D eigenvalue weighted by atomic mass is 35.5. The van der Waals surface area contributed by atoms with E-state index in [2.05, 4.69) is 9.80 Å². The summed E-state index contributed by atoms with van der Waals surface area (Å²) >= 11 is 12.6. The van der Waals surface area contributed by atoms with Crippen LogP contribution in [0.4, 0.5) is 11.4 Å². The number of nitrogens with two attached hydrogens (primary N) is 1. The molecule has 2 N–H and O–H groups in total. The van der Waals surface area contributed by atoms with Gasteiger partial charge in [0, 0.05) is 38.7 Å². The minimum Gasteiger partial charge on any atom is -0.494 e. The smallest absolute Gasteiger partial charge is 0.250 e. The number of imide groups is 1. The van der Waals surface area contributed by atoms with E-state index in [0.717, 1.165) is 56.8 Å². The van der Waals surface area contributed by atoms with E-state index in [4.69, 9.17) is 33.7 Å². The van der Waals surface area contributed by atoms with Gasteiger partial charge in [-0.2, -0.15) is 0 Å². The number of unbranched alkanes of at least 4 members (excludes halogenated alkanes) is 1. The maximum atomic E-state index is 12.9. The fraction of sp³-hybridized carbons (Fsp3) is 0.500. The molecule has 0 spiro atoms. The van der Waals surface area contributed by atoms with Crippen molar-refractivity contribution in [1.82, 2.24) is 4.90 Å². The van der Waals surface area contributed by atoms with Gasteiger partial charge < -0.3 is 15.4 Å². The molecular formula is C28H36Cl2N4O3. The van der Waals surface area contributed by atoms with Crippen LogP contribution >= 0.6 is 23.2 Å². The summed E-state index contributed by atoms with van der Waals surface area (Å²) in [4.78, 5) is 31.5. The molecule has 7 nitrogen and oxygen atoms in total. The summed E-state index contributed by atoms with van der Waals surface area (Å²) in [6, 6.07) is 10.7. The molecule has 2 amide bonds. The van der Waals surface area contributed by atoms with E-state index in [1.165, 1.54) is 4.90 Å². The van der Waals surface area contributed by atoms with Crippen LogP contribution in [0, 0.1) is 5.92 Å². The predicted molar refractivity (Wildman–Crippen MR) is 150 cm³/mol. The predicted octanol–water partition coefficient (Wildman–Crippen LogP) is 4.76. The Morgan fingerprint density at radius 2 is 1.78 bits per heavy atom. The molecule has 0 saturated carbocycles. The average Bonchev–Trinajstić information content (AvgIpc) is 2.89. The van der Waals surface area contributed by atoms with Gasteiger partial charge in [0.2, 0.25) is 5.91 Å². The van der Waals surface area contributed by atoms with Crippen LogP contribution < -0.4 is 20.3 Å². The summed E-state index contributed by atoms with van der Waals surface area (Å²) in [5.74, 6) is 0.0541. The number of carbonyl (C=O) groups excluding carboxylic acids is 2. The second-order valence-corrected chi connectivity index (χ2v) is 10.9. The quantitative estimate of drug-likeness (QED) is 0.456. The first-order valence-corrected chi connectivity index (χ1v) is 13.8. The third-order valence-electron chi connectivity index (χ3n) is 7.16. The van der Waals surface area contributed by atoms with Crippen LogP contribution in [0.25, 0.3) is 0 Å². The average molecular weight is 548 g/mol. The summed E-state index contributed by atoms with van der Waals surface area (Å²) in [5.41, 5.74) is 8.65. The number of amides is 2. The molecule has 0 aromatic heterocycles. The van der Waals surface area contributed by atoms with Crippen molar-refractivity contribution in [2.45, 2.75) is 45.6 Å². The van der Waals surface area contributed by atoms with Crippen LogP contribution in [0.2, 0.25) is 10.0 Å². The summed E-state index contributed by atoms with van der Waals surface area (Å²) in [7, 11) is 0. The molecule has 37 heavy (non-hydrogen) atoms. The van der Waals surface area contributed by atoms with Gasteiger partial charge in [0.05, 0.1) is 34.1 Å². The number of halogens is 2. The van der Waals surface area contributed by atoms with Gasteiger partial charge in [0.25, 0.3) is 5.91 Å². The van der Waals surface area contributed by atoms with Gasteiger partial charge >= 0.3 is 0 Å². The Hall–Kier alpha value is -2.32. The van der Waals surface area contributed by atoms with Crippen molar-refractivity contribution in [1.29, 1.82) is 0 Å². The number of anilines is 2. The van der Waals surface area contributed by atoms with Crippen LogP contribution in [0.15, 0.2) is 36.4 Å². The van der Waals surface area contributed by atoms with E-state index < -0.39 is 6.04 Å². The van der Waals surface area contributed by atoms with Crippen molar-refractivity contribution in [3.63, 3.8) is 0 Å². The minimum atomic E-state index is -0.719. The molecule has 4 rings (SSSR count). The zero-order chi connectivity index (χ0) is 26.5. The van der Waals surface area contributed by atoms with Crippen LogP contribution in [-0.2, 0) is 16.0 Å². The number of rotatable bonds is 9. The van der Waals surface area contributed by atoms with Crippen molar-refractivity contribution < 1.29 is 14.3 Å². The van der Waals surface area contributed by atoms with E-state index in [1.54, 1.807) is 6.07 Å². The molecule has 2 aliphatic heterocycles. The monoisotopic (exact) mass is 546 g/mol. The van der Waals surface area contributed by atoms with Gasteiger partial charge in [-0.1, -0.05) is 49.2 Å². The lowest BCUT2D eigenvalue weighted by Crippen LogP contribution is -2.50. The fourth-order valence-corrected chi connectivity index (χ4v) is 5.21. The third-order valence-corrected chi connectivity index (χ3v) is 7.97. The number of carbonyl (C=O) groups is 2. The maximum absolute atomic E-state index is 12.9. The van der Waals surface area contributed by atoms with Gasteiger partial charge in [-0.3, -0.25) is 14.5 Å². The van der Waals surface area contributed by atoms with Crippen LogP contribution in [-0.4, -0.2) is 62.1 Å². The maximum Gasteiger partial charge on any atom is 0.250 e. The molecule has 1 unspecified atom stereocenters. The van der Waals surface area contributed by atoms with Gasteiger partial charge in [0.15, 0.2) is 0 Å². The third kappa shape index (κ3) is 6.58. The molecule has 0 aliphatic carbocycles. The number of piperazine rings is 1. The van der Waals surface area contributed by atoms with Crippen molar-refractivity contribution in [2.24, 2.45) is 11.7 Å². The Morgan fingerprint density at radius 3 is 2.51 bits per heavy atom. The number of ether oxygens (including phenoxy) is 1. The van der Waals surface area contributed by atoms with E-state index in [9.17, 15) is 9.59 Å². The molecule has 2 aromatic carbocycles. The standard InChI is InChI=1S/C28H36Cl2N4O3/c1-19(2)27(31)28(36)34-24-18-21(10-8-20(24)9-11-25(34)35)37-17-4-3-12-32-13-15-33(16-14-32)23-7-5-6-22(29)26(23)30/h5-8,10,18-19,27H,3-4,9,11-17,31H2,1-2H3. The Bertz CT molecular complexity index is 1120. The normalized spacial score (nSPS) is 17.2. The fourth-order valence-electron chi connectivity index (χ4n) is 4.79. The number of aryl methyl sites for hydroxylation is 1. The van der Waals surface area contributed by atoms with Crippen LogP contribution in [0.3, 0.4) is 0 Å². The van der Waals surface area contributed by atoms with Crippen molar-refractivity contribution in [2.75, 3.05) is 49.1 Å². The summed E-state index contributed by atoms with van der Waals surface area (Å²) < 4.78 is 6.00. The zero-order valence-corrected chi connectivity index (χ0v) is 23.1. The molecule has 200 valence electrons. The Kier molecular flexibility index (Phi) is 9.35. The Labute approximate surface area is 229 Å². The lowest BCUT2D eigenvalue weighted by Gasteiger charge is -2.36. The second kappa shape index (κ2) is 12.5. The van der Waals surface area contributed by atoms with Gasteiger partial charge in [0.1, 0.15) is 5.75 Å². The van der Waals surface area contributed by atoms with Crippen LogP contribution in [0.5, 0.6) is 5.75 Å². The lowest BCUT2D eigenvalue weighted by atomic mass is 9.97. The highest BCUT2D eigenvalue weighted by Crippen LogP contribution is 2.34. The van der Waals surface area contributed by atoms with E-state index in [-0.39, 0.29) is 17.7 Å². The first kappa shape index (κ1) is 27.7. The Balaban J connectivity index is 1.24. The van der Waals surface area contributed by atoms with E-state index >= 15 is 0 Å². The van der Waals surface area contributed by atoms with Crippen molar-refractivity contribution >= 4 is 46.4 Å². The number of hydrogen-bond donors (Lipinski definition) is 1. The molecule has 1 atom stereocenters. The summed E-state index contributed by atoms with van der Waals surface area (Å²) in [6.07, 6.45) is 2.86. The first-order valence-electron chi connectivity index (χ1n) is 13.1. The molecule has 0 radical (unpaired) electrons. The van der Waals surface area contributed by atoms with Crippen molar-refractivity contribution in [3.05, 3.63) is 52.0 Å². The highest BCUT2D eigenvalue weighted by molar-refractivity contribution is 6.43. The molecule has 2 heterocycles. The lowest BCUT2D eigenvalue weighted by molar-refractivity contribution is -0.128. The number of hydrogen-bond acceptors (Lipinski definition) is 6. The van der Waals surface area contributed by atoms with Gasteiger partial charge in [-0.15, -0.1) is 0 Å². The van der Waals surface area contributed by atoms with E-state index in [0.29, 0.717) is 40.9 Å². The molecule has 2 aromatic rings. The van der Waals surface area contributed by atoms with Crippen LogP contribution in [0.1, 0.15) is 38.7 Å². The SMILES string of the molecule is CC(C)C(N)C(=O)N1C(=O)CCc2ccc(OCCCCN3CCN(c4cccc(Cl)c4Cl)CC3)cc21. The number of fused-ring (bicyclic) bond motifs is 1. The zero-order valence-electron chi connectivity index (χ0n) is 21.6. The highest BCUT2D eigenvalue weighted by Gasteiger charge is 2.34. The summed E-state index contributed by atoms with van der Waals surface area (Å²) in [6.45, 7) is 9.13. The number of benzene rings is 2. The molecule has 1 fully saturated rings. The summed E-state index contributed by atoms with van der Waals surface area (Å²) in [5, 5.41) is 1.21. The minimum absolute atomic E-state index is 0.0530. The molecule has 1 saturated heterocycles. The second-order valence-electron chi connectivity index (χ2n) is 10.1. The topological polar surface area (TPSA) is 79.1 Å². The molecular weight excluding hydrogens is 511 g/mol. The molecule has 0 bridgehead atoms. The molecule has 9 heteroatoms. The largest absolute Gasteiger partial charge is 0.494 e. The number of nitrogens with zero attached hydrogens (tertiary/aromatic N) is 3. The van der Waals surface area contributed by atoms with E-state index in [1.807, 2.05) is 44.2 Å². The van der Waals surface area contributed by atoms with Gasteiger partial charge in [-0.05, 0) is 55.5 Å².